The molecule has 1 saturated heterocycles. The van der Waals surface area contributed by atoms with Gasteiger partial charge in [-0.1, -0.05) is 12.1 Å². The molecule has 1 fully saturated rings. The molecule has 2 aromatic carbocycles. The van der Waals surface area contributed by atoms with Crippen LogP contribution >= 0.6 is 0 Å². The Bertz CT molecular complexity index is 796. The van der Waals surface area contributed by atoms with Crippen molar-refractivity contribution in [3.63, 3.8) is 0 Å². The Morgan fingerprint density at radius 3 is 2.27 bits per heavy atom. The normalized spacial score (nSPS) is 15.1. The monoisotopic (exact) mass is 374 g/mol. The molecule has 0 amide bonds. The quantitative estimate of drug-likeness (QED) is 0.768. The number of sulfonamides is 1. The van der Waals surface area contributed by atoms with Crippen LogP contribution in [0.3, 0.4) is 0 Å². The summed E-state index contributed by atoms with van der Waals surface area (Å²) in [5, 5.41) is 0. The molecule has 0 saturated carbocycles. The number of nitrogens with one attached hydrogen (secondary N) is 1. The van der Waals surface area contributed by atoms with Crippen LogP contribution in [-0.2, 0) is 16.4 Å². The zero-order valence-electron chi connectivity index (χ0n) is 15.1. The Hall–Kier alpha value is -2.05. The lowest BCUT2D eigenvalue weighted by Crippen LogP contribution is -2.20. The molecule has 140 valence electrons. The smallest absolute Gasteiger partial charge is 0.261 e. The van der Waals surface area contributed by atoms with Crippen molar-refractivity contribution in [1.29, 1.82) is 0 Å². The van der Waals surface area contributed by atoms with Crippen LogP contribution in [0, 0.1) is 0 Å². The third-order valence-corrected chi connectivity index (χ3v) is 6.11. The van der Waals surface area contributed by atoms with E-state index < -0.39 is 10.0 Å². The fourth-order valence-corrected chi connectivity index (χ4v) is 4.28. The molecule has 0 bridgehead atoms. The third-order valence-electron chi connectivity index (χ3n) is 4.71. The molecule has 0 radical (unpaired) electrons. The standard InChI is InChI=1S/C20H26N2O3S/c1-25-19-10-12-20(13-11-19)26(23,24)21-18-8-6-17(7-9-18)5-4-16-22-14-2-3-15-22/h6-13,21H,2-5,14-16H2,1H3. The van der Waals surface area contributed by atoms with Crippen molar-refractivity contribution >= 4 is 15.7 Å². The van der Waals surface area contributed by atoms with Crippen molar-refractivity contribution in [2.75, 3.05) is 31.5 Å². The second-order valence-corrected chi connectivity index (χ2v) is 8.31. The van der Waals surface area contributed by atoms with Gasteiger partial charge >= 0.3 is 0 Å². The average Bonchev–Trinajstić information content (AvgIpc) is 3.16. The van der Waals surface area contributed by atoms with Gasteiger partial charge in [-0.2, -0.15) is 0 Å². The molecule has 0 atom stereocenters. The van der Waals surface area contributed by atoms with Gasteiger partial charge in [-0.15, -0.1) is 0 Å². The van der Waals surface area contributed by atoms with Gasteiger partial charge in [0, 0.05) is 5.69 Å². The topological polar surface area (TPSA) is 58.6 Å². The number of aryl methyl sites for hydroxylation is 1. The molecule has 0 unspecified atom stereocenters. The highest BCUT2D eigenvalue weighted by Crippen LogP contribution is 2.20. The summed E-state index contributed by atoms with van der Waals surface area (Å²) in [6.07, 6.45) is 4.80. The van der Waals surface area contributed by atoms with Gasteiger partial charge in [0.25, 0.3) is 10.0 Å². The first-order valence-electron chi connectivity index (χ1n) is 9.05. The molecule has 0 aromatic heterocycles. The largest absolute Gasteiger partial charge is 0.497 e. The fraction of sp³-hybridized carbons (Fsp3) is 0.400. The van der Waals surface area contributed by atoms with E-state index in [1.807, 2.05) is 24.3 Å². The summed E-state index contributed by atoms with van der Waals surface area (Å²) < 4.78 is 32.6. The molecular weight excluding hydrogens is 348 g/mol. The zero-order valence-corrected chi connectivity index (χ0v) is 16.0. The van der Waals surface area contributed by atoms with Crippen LogP contribution in [-0.4, -0.2) is 40.1 Å². The fourth-order valence-electron chi connectivity index (χ4n) is 3.22. The Morgan fingerprint density at radius 1 is 1.00 bits per heavy atom. The summed E-state index contributed by atoms with van der Waals surface area (Å²) >= 11 is 0. The summed E-state index contributed by atoms with van der Waals surface area (Å²) in [5.74, 6) is 0.627. The van der Waals surface area contributed by atoms with Crippen LogP contribution in [0.4, 0.5) is 5.69 Å². The summed E-state index contributed by atoms with van der Waals surface area (Å²) in [6.45, 7) is 3.60. The molecule has 6 heteroatoms. The van der Waals surface area contributed by atoms with Gasteiger partial charge in [0.05, 0.1) is 12.0 Å². The third kappa shape index (κ3) is 4.99. The maximum Gasteiger partial charge on any atom is 0.261 e. The van der Waals surface area contributed by atoms with E-state index in [1.54, 1.807) is 19.2 Å². The summed E-state index contributed by atoms with van der Waals surface area (Å²) in [6, 6.07) is 14.0. The Morgan fingerprint density at radius 2 is 1.65 bits per heavy atom. The molecular formula is C20H26N2O3S. The van der Waals surface area contributed by atoms with Crippen molar-refractivity contribution in [1.82, 2.24) is 4.90 Å². The zero-order chi connectivity index (χ0) is 18.4. The summed E-state index contributed by atoms with van der Waals surface area (Å²) in [5.41, 5.74) is 1.81. The average molecular weight is 375 g/mol. The lowest BCUT2D eigenvalue weighted by atomic mass is 10.1. The van der Waals surface area contributed by atoms with E-state index in [4.69, 9.17) is 4.74 Å². The predicted octanol–water partition coefficient (Wildman–Crippen LogP) is 3.52. The van der Waals surface area contributed by atoms with E-state index in [0.29, 0.717) is 11.4 Å². The molecule has 1 heterocycles. The van der Waals surface area contributed by atoms with Crippen LogP contribution in [0.15, 0.2) is 53.4 Å². The Kier molecular flexibility index (Phi) is 6.16. The van der Waals surface area contributed by atoms with Crippen LogP contribution in [0.1, 0.15) is 24.8 Å². The molecule has 26 heavy (non-hydrogen) atoms. The second kappa shape index (κ2) is 8.56. The van der Waals surface area contributed by atoms with Gasteiger partial charge in [0.2, 0.25) is 0 Å². The highest BCUT2D eigenvalue weighted by atomic mass is 32.2. The molecule has 1 aliphatic rings. The minimum atomic E-state index is -3.59. The number of benzene rings is 2. The summed E-state index contributed by atoms with van der Waals surface area (Å²) in [4.78, 5) is 2.73. The second-order valence-electron chi connectivity index (χ2n) is 6.63. The van der Waals surface area contributed by atoms with Crippen molar-refractivity contribution in [3.05, 3.63) is 54.1 Å². The van der Waals surface area contributed by atoms with Gasteiger partial charge in [-0.3, -0.25) is 4.72 Å². The van der Waals surface area contributed by atoms with E-state index in [2.05, 4.69) is 9.62 Å². The number of rotatable bonds is 8. The van der Waals surface area contributed by atoms with Crippen molar-refractivity contribution < 1.29 is 13.2 Å². The van der Waals surface area contributed by atoms with E-state index in [-0.39, 0.29) is 4.90 Å². The van der Waals surface area contributed by atoms with Crippen molar-refractivity contribution in [2.45, 2.75) is 30.6 Å². The van der Waals surface area contributed by atoms with Crippen molar-refractivity contribution in [3.8, 4) is 5.75 Å². The molecule has 5 nitrogen and oxygen atoms in total. The van der Waals surface area contributed by atoms with E-state index >= 15 is 0 Å². The van der Waals surface area contributed by atoms with Gasteiger partial charge in [0.15, 0.2) is 0 Å². The molecule has 2 aromatic rings. The SMILES string of the molecule is COc1ccc(S(=O)(=O)Nc2ccc(CCCN3CCCC3)cc2)cc1. The highest BCUT2D eigenvalue weighted by molar-refractivity contribution is 7.92. The first-order chi connectivity index (χ1) is 12.6. The van der Waals surface area contributed by atoms with E-state index in [0.717, 1.165) is 19.4 Å². The van der Waals surface area contributed by atoms with Gasteiger partial charge in [-0.05, 0) is 87.3 Å². The predicted molar refractivity (Wildman–Crippen MR) is 104 cm³/mol. The molecule has 0 spiro atoms. The van der Waals surface area contributed by atoms with Crippen LogP contribution in [0.25, 0.3) is 0 Å². The molecule has 1 N–H and O–H groups in total. The van der Waals surface area contributed by atoms with Gasteiger partial charge in [0.1, 0.15) is 5.75 Å². The Balaban J connectivity index is 1.55. The number of anilines is 1. The van der Waals surface area contributed by atoms with Crippen LogP contribution in [0.5, 0.6) is 5.75 Å². The van der Waals surface area contributed by atoms with Gasteiger partial charge < -0.3 is 9.64 Å². The molecule has 0 aliphatic carbocycles. The van der Waals surface area contributed by atoms with Crippen LogP contribution < -0.4 is 9.46 Å². The minimum Gasteiger partial charge on any atom is -0.497 e. The first kappa shape index (κ1) is 18.7. The number of ether oxygens (including phenoxy) is 1. The molecule has 3 rings (SSSR count). The first-order valence-corrected chi connectivity index (χ1v) is 10.5. The van der Waals surface area contributed by atoms with Gasteiger partial charge in [-0.25, -0.2) is 8.42 Å². The van der Waals surface area contributed by atoms with Crippen molar-refractivity contribution in [2.24, 2.45) is 0 Å². The number of nitrogens with zero attached hydrogens (tertiary/aromatic N) is 1. The number of likely N-dealkylation sites (tertiary alicyclic amines) is 1. The van der Waals surface area contributed by atoms with Crippen LogP contribution in [0.2, 0.25) is 0 Å². The van der Waals surface area contributed by atoms with E-state index in [1.165, 1.54) is 43.6 Å². The van der Waals surface area contributed by atoms with E-state index in [9.17, 15) is 8.42 Å². The number of hydrogen-bond acceptors (Lipinski definition) is 4. The maximum absolute atomic E-state index is 12.4. The molecule has 1 aliphatic heterocycles. The summed E-state index contributed by atoms with van der Waals surface area (Å²) in [7, 11) is -2.04. The lowest BCUT2D eigenvalue weighted by Gasteiger charge is -2.14. The lowest BCUT2D eigenvalue weighted by molar-refractivity contribution is 0.334. The highest BCUT2D eigenvalue weighted by Gasteiger charge is 2.14. The maximum atomic E-state index is 12.4. The number of methoxy groups -OCH3 is 1. The minimum absolute atomic E-state index is 0.216. The Labute approximate surface area is 156 Å². The number of hydrogen-bond donors (Lipinski definition) is 1.